The summed E-state index contributed by atoms with van der Waals surface area (Å²) in [7, 11) is 0. The number of nitrogens with zero attached hydrogens (tertiary/aromatic N) is 3. The van der Waals surface area contributed by atoms with Crippen LogP contribution in [-0.4, -0.2) is 45.4 Å². The minimum atomic E-state index is 0.0628. The van der Waals surface area contributed by atoms with Gasteiger partial charge in [0.1, 0.15) is 0 Å². The molecule has 112 valence electrons. The summed E-state index contributed by atoms with van der Waals surface area (Å²) in [5, 5.41) is 13.6. The van der Waals surface area contributed by atoms with Crippen molar-refractivity contribution in [3.05, 3.63) is 17.5 Å². The zero-order chi connectivity index (χ0) is 14.7. The number of carbonyl (C=O) groups excluding carboxylic acids is 1. The van der Waals surface area contributed by atoms with E-state index in [2.05, 4.69) is 25.9 Å². The fourth-order valence-electron chi connectivity index (χ4n) is 2.80. The predicted molar refractivity (Wildman–Crippen MR) is 77.5 cm³/mol. The third-order valence-electron chi connectivity index (χ3n) is 3.88. The number of amides is 1. The van der Waals surface area contributed by atoms with Crippen LogP contribution in [0.1, 0.15) is 43.2 Å². The van der Waals surface area contributed by atoms with E-state index in [1.807, 2.05) is 9.58 Å². The van der Waals surface area contributed by atoms with E-state index in [9.17, 15) is 9.90 Å². The van der Waals surface area contributed by atoms with Crippen molar-refractivity contribution in [2.45, 2.75) is 40.2 Å². The molecule has 1 saturated heterocycles. The number of rotatable bonds is 5. The molecular formula is C15H25N3O2. The van der Waals surface area contributed by atoms with Gasteiger partial charge in [-0.3, -0.25) is 9.48 Å². The smallest absolute Gasteiger partial charge is 0.257 e. The van der Waals surface area contributed by atoms with E-state index in [-0.39, 0.29) is 18.4 Å². The first-order valence-corrected chi connectivity index (χ1v) is 7.51. The summed E-state index contributed by atoms with van der Waals surface area (Å²) in [6.45, 7) is 8.76. The van der Waals surface area contributed by atoms with Gasteiger partial charge in [-0.05, 0) is 18.8 Å². The first-order chi connectivity index (χ1) is 9.56. The molecule has 2 heterocycles. The first-order valence-electron chi connectivity index (χ1n) is 7.51. The van der Waals surface area contributed by atoms with Gasteiger partial charge in [-0.1, -0.05) is 20.8 Å². The van der Waals surface area contributed by atoms with Crippen LogP contribution in [-0.2, 0) is 13.0 Å². The molecule has 1 aromatic rings. The van der Waals surface area contributed by atoms with Gasteiger partial charge in [0, 0.05) is 32.2 Å². The van der Waals surface area contributed by atoms with Gasteiger partial charge in [0.15, 0.2) is 0 Å². The molecule has 1 fully saturated rings. The van der Waals surface area contributed by atoms with Crippen molar-refractivity contribution < 1.29 is 9.90 Å². The zero-order valence-corrected chi connectivity index (χ0v) is 12.7. The van der Waals surface area contributed by atoms with Gasteiger partial charge >= 0.3 is 0 Å². The van der Waals surface area contributed by atoms with Crippen molar-refractivity contribution in [2.24, 2.45) is 11.8 Å². The Kier molecular flexibility index (Phi) is 4.81. The molecule has 20 heavy (non-hydrogen) atoms. The molecule has 1 aromatic heterocycles. The SMILES string of the molecule is CCc1c(C(=O)N2CCC(CO)C2)cnn1CC(C)C. The summed E-state index contributed by atoms with van der Waals surface area (Å²) in [4.78, 5) is 14.4. The Morgan fingerprint density at radius 2 is 2.30 bits per heavy atom. The van der Waals surface area contributed by atoms with Crippen LogP contribution in [0.2, 0.25) is 0 Å². The third-order valence-corrected chi connectivity index (χ3v) is 3.88. The lowest BCUT2D eigenvalue weighted by molar-refractivity contribution is 0.0780. The van der Waals surface area contributed by atoms with Gasteiger partial charge in [0.2, 0.25) is 0 Å². The van der Waals surface area contributed by atoms with E-state index in [0.717, 1.165) is 37.2 Å². The number of carbonyl (C=O) groups is 1. The second-order valence-electron chi connectivity index (χ2n) is 6.02. The highest BCUT2D eigenvalue weighted by atomic mass is 16.3. The summed E-state index contributed by atoms with van der Waals surface area (Å²) >= 11 is 0. The van der Waals surface area contributed by atoms with E-state index in [1.165, 1.54) is 0 Å². The minimum Gasteiger partial charge on any atom is -0.396 e. The van der Waals surface area contributed by atoms with Gasteiger partial charge in [-0.25, -0.2) is 0 Å². The lowest BCUT2D eigenvalue weighted by Gasteiger charge is -2.16. The number of hydrogen-bond donors (Lipinski definition) is 1. The third kappa shape index (κ3) is 3.03. The van der Waals surface area contributed by atoms with Crippen molar-refractivity contribution in [1.29, 1.82) is 0 Å². The average Bonchev–Trinajstić information content (AvgIpc) is 3.03. The second-order valence-corrected chi connectivity index (χ2v) is 6.02. The molecule has 1 aliphatic heterocycles. The minimum absolute atomic E-state index is 0.0628. The fraction of sp³-hybridized carbons (Fsp3) is 0.733. The Morgan fingerprint density at radius 1 is 1.55 bits per heavy atom. The van der Waals surface area contributed by atoms with Crippen LogP contribution in [0.15, 0.2) is 6.20 Å². The fourth-order valence-corrected chi connectivity index (χ4v) is 2.80. The first kappa shape index (κ1) is 15.0. The molecule has 1 amide bonds. The molecule has 0 saturated carbocycles. The topological polar surface area (TPSA) is 58.4 Å². The highest BCUT2D eigenvalue weighted by Crippen LogP contribution is 2.20. The van der Waals surface area contributed by atoms with Crippen LogP contribution >= 0.6 is 0 Å². The van der Waals surface area contributed by atoms with Gasteiger partial charge in [-0.2, -0.15) is 5.10 Å². The van der Waals surface area contributed by atoms with Crippen molar-refractivity contribution in [3.8, 4) is 0 Å². The van der Waals surface area contributed by atoms with E-state index in [4.69, 9.17) is 0 Å². The van der Waals surface area contributed by atoms with E-state index >= 15 is 0 Å². The summed E-state index contributed by atoms with van der Waals surface area (Å²) in [6, 6.07) is 0. The monoisotopic (exact) mass is 279 g/mol. The molecule has 5 nitrogen and oxygen atoms in total. The van der Waals surface area contributed by atoms with Gasteiger partial charge in [-0.15, -0.1) is 0 Å². The van der Waals surface area contributed by atoms with Gasteiger partial charge in [0.05, 0.1) is 17.5 Å². The Bertz CT molecular complexity index is 468. The number of aromatic nitrogens is 2. The van der Waals surface area contributed by atoms with Crippen LogP contribution in [0.25, 0.3) is 0 Å². The number of aliphatic hydroxyl groups is 1. The van der Waals surface area contributed by atoms with Crippen LogP contribution < -0.4 is 0 Å². The summed E-state index contributed by atoms with van der Waals surface area (Å²) < 4.78 is 1.96. The lowest BCUT2D eigenvalue weighted by Crippen LogP contribution is -2.29. The Hall–Kier alpha value is -1.36. The Morgan fingerprint density at radius 3 is 2.85 bits per heavy atom. The van der Waals surface area contributed by atoms with Crippen molar-refractivity contribution in [1.82, 2.24) is 14.7 Å². The molecule has 1 N–H and O–H groups in total. The molecular weight excluding hydrogens is 254 g/mol. The van der Waals surface area contributed by atoms with Crippen LogP contribution in [0.5, 0.6) is 0 Å². The molecule has 1 atom stereocenters. The van der Waals surface area contributed by atoms with Gasteiger partial charge < -0.3 is 10.0 Å². The Labute approximate surface area is 120 Å². The molecule has 1 aliphatic rings. The van der Waals surface area contributed by atoms with Crippen molar-refractivity contribution in [2.75, 3.05) is 19.7 Å². The standard InChI is InChI=1S/C15H25N3O2/c1-4-14-13(7-16-18(14)8-11(2)3)15(20)17-6-5-12(9-17)10-19/h7,11-12,19H,4-6,8-10H2,1-3H3. The van der Waals surface area contributed by atoms with Crippen molar-refractivity contribution in [3.63, 3.8) is 0 Å². The maximum Gasteiger partial charge on any atom is 0.257 e. The maximum absolute atomic E-state index is 12.6. The maximum atomic E-state index is 12.6. The van der Waals surface area contributed by atoms with E-state index < -0.39 is 0 Å². The molecule has 0 spiro atoms. The van der Waals surface area contributed by atoms with E-state index in [0.29, 0.717) is 12.5 Å². The van der Waals surface area contributed by atoms with Crippen molar-refractivity contribution >= 4 is 5.91 Å². The zero-order valence-electron chi connectivity index (χ0n) is 12.7. The van der Waals surface area contributed by atoms with Crippen LogP contribution in [0.4, 0.5) is 0 Å². The molecule has 0 aliphatic carbocycles. The van der Waals surface area contributed by atoms with Crippen LogP contribution in [0.3, 0.4) is 0 Å². The molecule has 5 heteroatoms. The largest absolute Gasteiger partial charge is 0.396 e. The molecule has 1 unspecified atom stereocenters. The summed E-state index contributed by atoms with van der Waals surface area (Å²) in [6.07, 6.45) is 3.41. The Balaban J connectivity index is 2.16. The summed E-state index contributed by atoms with van der Waals surface area (Å²) in [5.74, 6) is 0.802. The normalized spacial score (nSPS) is 19.1. The highest BCUT2D eigenvalue weighted by molar-refractivity contribution is 5.95. The van der Waals surface area contributed by atoms with Gasteiger partial charge in [0.25, 0.3) is 5.91 Å². The second kappa shape index (κ2) is 6.39. The summed E-state index contributed by atoms with van der Waals surface area (Å²) in [5.41, 5.74) is 1.75. The quantitative estimate of drug-likeness (QED) is 0.890. The number of likely N-dealkylation sites (tertiary alicyclic amines) is 1. The molecule has 0 bridgehead atoms. The highest BCUT2D eigenvalue weighted by Gasteiger charge is 2.28. The number of aliphatic hydroxyl groups excluding tert-OH is 1. The van der Waals surface area contributed by atoms with E-state index in [1.54, 1.807) is 6.20 Å². The van der Waals surface area contributed by atoms with Crippen LogP contribution in [0, 0.1) is 11.8 Å². The molecule has 2 rings (SSSR count). The molecule has 0 radical (unpaired) electrons. The predicted octanol–water partition coefficient (Wildman–Crippen LogP) is 1.56. The molecule has 0 aromatic carbocycles. The lowest BCUT2D eigenvalue weighted by atomic mass is 10.1. The number of hydrogen-bond acceptors (Lipinski definition) is 3. The average molecular weight is 279 g/mol.